The predicted molar refractivity (Wildman–Crippen MR) is 90.3 cm³/mol. The maximum absolute atomic E-state index is 12.5. The smallest absolute Gasteiger partial charge is 0.262 e. The van der Waals surface area contributed by atoms with Gasteiger partial charge in [0.05, 0.1) is 15.6 Å². The second-order valence-electron chi connectivity index (χ2n) is 4.73. The van der Waals surface area contributed by atoms with Gasteiger partial charge in [-0.05, 0) is 65.2 Å². The zero-order chi connectivity index (χ0) is 15.8. The molecule has 4 nitrogen and oxygen atoms in total. The Morgan fingerprint density at radius 3 is 2.48 bits per heavy atom. The van der Waals surface area contributed by atoms with Crippen molar-refractivity contribution in [1.29, 1.82) is 0 Å². The van der Waals surface area contributed by atoms with E-state index < -0.39 is 10.0 Å². The first-order valence-electron chi connectivity index (χ1n) is 6.05. The Bertz CT molecular complexity index is 807. The first-order chi connectivity index (χ1) is 9.70. The standard InChI is InChI=1S/C14H14BrClN2O2S/c1-8-3-4-13(11(16)5-8)18-21(19,20)14-7-12(17)10(15)6-9(14)2/h3-7,18H,17H2,1-2H3. The number of hydrogen-bond acceptors (Lipinski definition) is 3. The fourth-order valence-electron chi connectivity index (χ4n) is 1.86. The number of hydrogen-bond donors (Lipinski definition) is 2. The van der Waals surface area contributed by atoms with Gasteiger partial charge >= 0.3 is 0 Å². The van der Waals surface area contributed by atoms with Crippen molar-refractivity contribution in [3.05, 3.63) is 51.0 Å². The third kappa shape index (κ3) is 3.51. The molecule has 0 radical (unpaired) electrons. The van der Waals surface area contributed by atoms with E-state index in [1.165, 1.54) is 6.07 Å². The van der Waals surface area contributed by atoms with Crippen LogP contribution in [0.5, 0.6) is 0 Å². The van der Waals surface area contributed by atoms with Gasteiger partial charge in [0.15, 0.2) is 0 Å². The molecule has 0 atom stereocenters. The normalized spacial score (nSPS) is 11.4. The summed E-state index contributed by atoms with van der Waals surface area (Å²) < 4.78 is 28.1. The summed E-state index contributed by atoms with van der Waals surface area (Å²) >= 11 is 9.33. The monoisotopic (exact) mass is 388 g/mol. The Morgan fingerprint density at radius 1 is 1.19 bits per heavy atom. The van der Waals surface area contributed by atoms with E-state index >= 15 is 0 Å². The molecule has 7 heteroatoms. The van der Waals surface area contributed by atoms with Crippen molar-refractivity contribution in [2.45, 2.75) is 18.7 Å². The molecule has 0 unspecified atom stereocenters. The van der Waals surface area contributed by atoms with E-state index in [4.69, 9.17) is 17.3 Å². The molecule has 2 aromatic carbocycles. The van der Waals surface area contributed by atoms with Crippen molar-refractivity contribution in [2.24, 2.45) is 0 Å². The average Bonchev–Trinajstić information content (AvgIpc) is 2.37. The molecule has 0 spiro atoms. The minimum atomic E-state index is -3.75. The highest BCUT2D eigenvalue weighted by Gasteiger charge is 2.19. The lowest BCUT2D eigenvalue weighted by atomic mass is 10.2. The van der Waals surface area contributed by atoms with Crippen LogP contribution in [0.1, 0.15) is 11.1 Å². The molecule has 3 N–H and O–H groups in total. The Morgan fingerprint density at radius 2 is 1.86 bits per heavy atom. The van der Waals surface area contributed by atoms with Gasteiger partial charge in [-0.2, -0.15) is 0 Å². The van der Waals surface area contributed by atoms with Crippen LogP contribution < -0.4 is 10.5 Å². The molecule has 0 bridgehead atoms. The Balaban J connectivity index is 2.46. The van der Waals surface area contributed by atoms with Crippen LogP contribution in [0.4, 0.5) is 11.4 Å². The van der Waals surface area contributed by atoms with Gasteiger partial charge in [-0.25, -0.2) is 8.42 Å². The zero-order valence-electron chi connectivity index (χ0n) is 11.4. The fourth-order valence-corrected chi connectivity index (χ4v) is 4.00. The van der Waals surface area contributed by atoms with Gasteiger partial charge in [0.25, 0.3) is 10.0 Å². The number of nitrogen functional groups attached to an aromatic ring is 1. The van der Waals surface area contributed by atoms with Gasteiger partial charge < -0.3 is 5.73 Å². The van der Waals surface area contributed by atoms with Crippen LogP contribution in [-0.4, -0.2) is 8.42 Å². The molecule has 0 heterocycles. The van der Waals surface area contributed by atoms with Crippen molar-refractivity contribution >= 4 is 48.9 Å². The lowest BCUT2D eigenvalue weighted by Gasteiger charge is -2.13. The van der Waals surface area contributed by atoms with Crippen LogP contribution in [0.3, 0.4) is 0 Å². The molecular formula is C14H14BrClN2O2S. The molecule has 0 saturated heterocycles. The van der Waals surface area contributed by atoms with Crippen LogP contribution >= 0.6 is 27.5 Å². The number of nitrogens with one attached hydrogen (secondary N) is 1. The lowest BCUT2D eigenvalue weighted by molar-refractivity contribution is 0.600. The number of anilines is 2. The van der Waals surface area contributed by atoms with E-state index in [0.717, 1.165) is 5.56 Å². The van der Waals surface area contributed by atoms with Crippen molar-refractivity contribution in [1.82, 2.24) is 0 Å². The van der Waals surface area contributed by atoms with Crippen LogP contribution in [0.25, 0.3) is 0 Å². The summed E-state index contributed by atoms with van der Waals surface area (Å²) in [7, 11) is -3.75. The second kappa shape index (κ2) is 5.87. The SMILES string of the molecule is Cc1ccc(NS(=O)(=O)c2cc(N)c(Br)cc2C)c(Cl)c1. The molecule has 0 aliphatic carbocycles. The highest BCUT2D eigenvalue weighted by Crippen LogP contribution is 2.30. The van der Waals surface area contributed by atoms with Crippen molar-refractivity contribution in [3.63, 3.8) is 0 Å². The summed E-state index contributed by atoms with van der Waals surface area (Å²) in [5.74, 6) is 0. The average molecular weight is 390 g/mol. The third-order valence-corrected chi connectivity index (χ3v) is 5.46. The molecule has 0 aromatic heterocycles. The number of rotatable bonds is 3. The molecule has 2 aromatic rings. The van der Waals surface area contributed by atoms with Crippen LogP contribution in [0.15, 0.2) is 39.7 Å². The van der Waals surface area contributed by atoms with E-state index in [-0.39, 0.29) is 4.90 Å². The molecule has 21 heavy (non-hydrogen) atoms. The summed E-state index contributed by atoms with van der Waals surface area (Å²) in [5.41, 5.74) is 8.00. The second-order valence-corrected chi connectivity index (χ2v) is 7.64. The fraction of sp³-hybridized carbons (Fsp3) is 0.143. The molecule has 0 aliphatic rings. The van der Waals surface area contributed by atoms with Crippen molar-refractivity contribution < 1.29 is 8.42 Å². The van der Waals surface area contributed by atoms with E-state index in [1.54, 1.807) is 31.2 Å². The number of benzene rings is 2. The maximum atomic E-state index is 12.5. The predicted octanol–water partition coefficient (Wildman–Crippen LogP) is 4.10. The van der Waals surface area contributed by atoms with Crippen LogP contribution in [0, 0.1) is 13.8 Å². The Hall–Kier alpha value is -1.24. The molecule has 0 aliphatic heterocycles. The number of aryl methyl sites for hydroxylation is 2. The molecule has 2 rings (SSSR count). The van der Waals surface area contributed by atoms with Gasteiger partial charge in [-0.15, -0.1) is 0 Å². The highest BCUT2D eigenvalue weighted by atomic mass is 79.9. The summed E-state index contributed by atoms with van der Waals surface area (Å²) in [6.45, 7) is 3.58. The topological polar surface area (TPSA) is 72.2 Å². The summed E-state index contributed by atoms with van der Waals surface area (Å²) in [6, 6.07) is 8.20. The number of sulfonamides is 1. The molecular weight excluding hydrogens is 376 g/mol. The number of halogens is 2. The first-order valence-corrected chi connectivity index (χ1v) is 8.71. The van der Waals surface area contributed by atoms with E-state index in [9.17, 15) is 8.42 Å². The minimum absolute atomic E-state index is 0.125. The lowest BCUT2D eigenvalue weighted by Crippen LogP contribution is -2.15. The van der Waals surface area contributed by atoms with Gasteiger partial charge in [-0.1, -0.05) is 17.7 Å². The van der Waals surface area contributed by atoms with E-state index in [2.05, 4.69) is 20.7 Å². The van der Waals surface area contributed by atoms with E-state index in [0.29, 0.717) is 26.4 Å². The molecule has 0 fully saturated rings. The van der Waals surface area contributed by atoms with Gasteiger partial charge in [0, 0.05) is 10.2 Å². The Kier molecular flexibility index (Phi) is 4.51. The van der Waals surface area contributed by atoms with Gasteiger partial charge in [-0.3, -0.25) is 4.72 Å². The van der Waals surface area contributed by atoms with Gasteiger partial charge in [0.2, 0.25) is 0 Å². The number of nitrogens with two attached hydrogens (primary N) is 1. The molecule has 0 amide bonds. The largest absolute Gasteiger partial charge is 0.398 e. The van der Waals surface area contributed by atoms with E-state index in [1.807, 2.05) is 6.92 Å². The third-order valence-electron chi connectivity index (χ3n) is 2.95. The highest BCUT2D eigenvalue weighted by molar-refractivity contribution is 9.10. The van der Waals surface area contributed by atoms with Crippen LogP contribution in [-0.2, 0) is 10.0 Å². The molecule has 0 saturated carbocycles. The summed E-state index contributed by atoms with van der Waals surface area (Å²) in [4.78, 5) is 0.125. The van der Waals surface area contributed by atoms with Crippen LogP contribution in [0.2, 0.25) is 5.02 Å². The maximum Gasteiger partial charge on any atom is 0.262 e. The van der Waals surface area contributed by atoms with Gasteiger partial charge in [0.1, 0.15) is 0 Å². The summed E-state index contributed by atoms with van der Waals surface area (Å²) in [5, 5.41) is 0.348. The zero-order valence-corrected chi connectivity index (χ0v) is 14.6. The quantitative estimate of drug-likeness (QED) is 0.776. The summed E-state index contributed by atoms with van der Waals surface area (Å²) in [6.07, 6.45) is 0. The van der Waals surface area contributed by atoms with Crippen molar-refractivity contribution in [2.75, 3.05) is 10.5 Å². The van der Waals surface area contributed by atoms with Crippen molar-refractivity contribution in [3.8, 4) is 0 Å². The Labute approximate surface area is 137 Å². The first kappa shape index (κ1) is 16.1. The minimum Gasteiger partial charge on any atom is -0.398 e. The molecule has 112 valence electrons.